The van der Waals surface area contributed by atoms with Crippen LogP contribution in [0.15, 0.2) is 31.0 Å². The molecule has 11 heteroatoms. The van der Waals surface area contributed by atoms with Crippen molar-refractivity contribution in [1.82, 2.24) is 24.7 Å². The molecule has 0 bridgehead atoms. The molecule has 0 saturated carbocycles. The first-order valence-corrected chi connectivity index (χ1v) is 6.96. The SMILES string of the molecule is O=C(Oc1c(Cl)c(F)nc(F)c1Cl)c1ccc(-n2cncn2)nc1. The van der Waals surface area contributed by atoms with Crippen molar-refractivity contribution < 1.29 is 18.3 Å². The zero-order valence-electron chi connectivity index (χ0n) is 11.5. The van der Waals surface area contributed by atoms with Gasteiger partial charge in [-0.2, -0.15) is 18.9 Å². The number of rotatable bonds is 3. The second-order valence-corrected chi connectivity index (χ2v) is 5.04. The highest BCUT2D eigenvalue weighted by molar-refractivity contribution is 6.37. The van der Waals surface area contributed by atoms with Crippen LogP contribution in [0.4, 0.5) is 8.78 Å². The summed E-state index contributed by atoms with van der Waals surface area (Å²) in [5, 5.41) is 2.46. The van der Waals surface area contributed by atoms with Gasteiger partial charge >= 0.3 is 5.97 Å². The van der Waals surface area contributed by atoms with Crippen LogP contribution in [0.2, 0.25) is 10.0 Å². The van der Waals surface area contributed by atoms with Gasteiger partial charge in [0, 0.05) is 6.20 Å². The maximum absolute atomic E-state index is 13.3. The number of carbonyl (C=O) groups excluding carboxylic acids is 1. The van der Waals surface area contributed by atoms with Crippen molar-refractivity contribution >= 4 is 29.2 Å². The lowest BCUT2D eigenvalue weighted by Gasteiger charge is -2.09. The predicted octanol–water partition coefficient (Wildman–Crippen LogP) is 2.86. The standard InChI is InChI=1S/C13H5Cl2F2N5O2/c14-8-10(9(15)12(17)21-11(8)16)24-13(23)6-1-2-7(19-3-6)22-5-18-4-20-22/h1-5H. The first-order chi connectivity index (χ1) is 11.5. The highest BCUT2D eigenvalue weighted by Crippen LogP contribution is 2.35. The fraction of sp³-hybridized carbons (Fsp3) is 0. The van der Waals surface area contributed by atoms with Gasteiger partial charge in [-0.05, 0) is 12.1 Å². The zero-order chi connectivity index (χ0) is 17.3. The molecule has 3 rings (SSSR count). The van der Waals surface area contributed by atoms with Gasteiger partial charge in [-0.3, -0.25) is 0 Å². The van der Waals surface area contributed by atoms with Gasteiger partial charge in [-0.15, -0.1) is 0 Å². The minimum atomic E-state index is -1.35. The largest absolute Gasteiger partial charge is 0.419 e. The molecule has 0 aliphatic heterocycles. The Morgan fingerprint density at radius 1 is 1.17 bits per heavy atom. The molecule has 0 spiro atoms. The Hall–Kier alpha value is -2.65. The molecule has 0 fully saturated rings. The minimum Gasteiger partial charge on any atom is -0.419 e. The van der Waals surface area contributed by atoms with Crippen LogP contribution in [0.3, 0.4) is 0 Å². The maximum Gasteiger partial charge on any atom is 0.345 e. The van der Waals surface area contributed by atoms with E-state index in [1.54, 1.807) is 0 Å². The second kappa shape index (κ2) is 6.46. The Bertz CT molecular complexity index is 877. The number of pyridine rings is 2. The molecule has 24 heavy (non-hydrogen) atoms. The molecule has 0 aliphatic rings. The molecule has 0 atom stereocenters. The van der Waals surface area contributed by atoms with E-state index >= 15 is 0 Å². The minimum absolute atomic E-state index is 0.00336. The molecule has 3 heterocycles. The molecular formula is C13H5Cl2F2N5O2. The van der Waals surface area contributed by atoms with Crippen LogP contribution >= 0.6 is 23.2 Å². The Kier molecular flexibility index (Phi) is 4.36. The van der Waals surface area contributed by atoms with Crippen molar-refractivity contribution in [2.24, 2.45) is 0 Å². The highest BCUT2D eigenvalue weighted by Gasteiger charge is 2.22. The Balaban J connectivity index is 1.86. The van der Waals surface area contributed by atoms with E-state index in [0.717, 1.165) is 0 Å². The Morgan fingerprint density at radius 3 is 2.42 bits per heavy atom. The topological polar surface area (TPSA) is 82.8 Å². The average Bonchev–Trinajstić information content (AvgIpc) is 3.11. The third kappa shape index (κ3) is 3.03. The number of halogens is 4. The maximum atomic E-state index is 13.3. The normalized spacial score (nSPS) is 10.7. The van der Waals surface area contributed by atoms with E-state index in [9.17, 15) is 13.6 Å². The Labute approximate surface area is 142 Å². The van der Waals surface area contributed by atoms with Gasteiger partial charge < -0.3 is 4.74 Å². The molecule has 0 N–H and O–H groups in total. The fourth-order valence-corrected chi connectivity index (χ4v) is 2.08. The van der Waals surface area contributed by atoms with Crippen LogP contribution in [0.25, 0.3) is 5.82 Å². The van der Waals surface area contributed by atoms with Crippen molar-refractivity contribution in [3.05, 3.63) is 58.5 Å². The van der Waals surface area contributed by atoms with Gasteiger partial charge in [-0.25, -0.2) is 19.4 Å². The van der Waals surface area contributed by atoms with Crippen molar-refractivity contribution in [3.8, 4) is 11.6 Å². The van der Waals surface area contributed by atoms with Crippen LogP contribution in [-0.4, -0.2) is 30.7 Å². The van der Waals surface area contributed by atoms with Crippen LogP contribution in [0.5, 0.6) is 5.75 Å². The number of ether oxygens (including phenoxy) is 1. The number of aromatic nitrogens is 5. The van der Waals surface area contributed by atoms with E-state index in [1.807, 2.05) is 0 Å². The molecule has 3 aromatic heterocycles. The molecular weight excluding hydrogens is 367 g/mol. The molecule has 0 aromatic carbocycles. The number of carbonyl (C=O) groups is 1. The quantitative estimate of drug-likeness (QED) is 0.520. The molecule has 0 amide bonds. The van der Waals surface area contributed by atoms with E-state index in [2.05, 4.69) is 20.1 Å². The number of nitrogens with zero attached hydrogens (tertiary/aromatic N) is 5. The first kappa shape index (κ1) is 16.2. The summed E-state index contributed by atoms with van der Waals surface area (Å²) in [5.41, 5.74) is 0.00336. The predicted molar refractivity (Wildman–Crippen MR) is 78.3 cm³/mol. The lowest BCUT2D eigenvalue weighted by Crippen LogP contribution is -2.11. The summed E-state index contributed by atoms with van der Waals surface area (Å²) >= 11 is 11.2. The van der Waals surface area contributed by atoms with Crippen LogP contribution in [-0.2, 0) is 0 Å². The van der Waals surface area contributed by atoms with Gasteiger partial charge in [-0.1, -0.05) is 23.2 Å². The number of esters is 1. The van der Waals surface area contributed by atoms with Crippen LogP contribution in [0.1, 0.15) is 10.4 Å². The van der Waals surface area contributed by atoms with Gasteiger partial charge in [0.25, 0.3) is 0 Å². The molecule has 0 saturated heterocycles. The van der Waals surface area contributed by atoms with Crippen molar-refractivity contribution in [2.75, 3.05) is 0 Å². The summed E-state index contributed by atoms with van der Waals surface area (Å²) in [4.78, 5) is 22.7. The summed E-state index contributed by atoms with van der Waals surface area (Å²) in [6, 6.07) is 2.85. The number of hydrogen-bond acceptors (Lipinski definition) is 6. The van der Waals surface area contributed by atoms with Gasteiger partial charge in [0.05, 0.1) is 5.56 Å². The van der Waals surface area contributed by atoms with Gasteiger partial charge in [0.2, 0.25) is 11.9 Å². The molecule has 7 nitrogen and oxygen atoms in total. The van der Waals surface area contributed by atoms with Gasteiger partial charge in [0.15, 0.2) is 11.6 Å². The molecule has 0 radical (unpaired) electrons. The van der Waals surface area contributed by atoms with Crippen molar-refractivity contribution in [3.63, 3.8) is 0 Å². The van der Waals surface area contributed by atoms with Crippen molar-refractivity contribution in [1.29, 1.82) is 0 Å². The van der Waals surface area contributed by atoms with E-state index in [1.165, 1.54) is 35.7 Å². The molecule has 3 aromatic rings. The summed E-state index contributed by atoms with van der Waals surface area (Å²) in [7, 11) is 0. The fourth-order valence-electron chi connectivity index (χ4n) is 1.68. The summed E-state index contributed by atoms with van der Waals surface area (Å²) in [5.74, 6) is -3.90. The smallest absolute Gasteiger partial charge is 0.345 e. The van der Waals surface area contributed by atoms with Crippen LogP contribution in [0, 0.1) is 11.9 Å². The lowest BCUT2D eigenvalue weighted by atomic mass is 10.3. The van der Waals surface area contributed by atoms with E-state index in [0.29, 0.717) is 5.82 Å². The highest BCUT2D eigenvalue weighted by atomic mass is 35.5. The monoisotopic (exact) mass is 371 g/mol. The van der Waals surface area contributed by atoms with Crippen molar-refractivity contribution in [2.45, 2.75) is 0 Å². The van der Waals surface area contributed by atoms with E-state index in [-0.39, 0.29) is 5.56 Å². The third-order valence-electron chi connectivity index (χ3n) is 2.79. The average molecular weight is 372 g/mol. The van der Waals surface area contributed by atoms with E-state index in [4.69, 9.17) is 27.9 Å². The first-order valence-electron chi connectivity index (χ1n) is 6.20. The van der Waals surface area contributed by atoms with E-state index < -0.39 is 33.7 Å². The second-order valence-electron chi connectivity index (χ2n) is 4.29. The summed E-state index contributed by atoms with van der Waals surface area (Å²) in [6.07, 6.45) is 3.93. The molecule has 122 valence electrons. The summed E-state index contributed by atoms with van der Waals surface area (Å²) < 4.78 is 32.9. The zero-order valence-corrected chi connectivity index (χ0v) is 13.0. The van der Waals surface area contributed by atoms with Gasteiger partial charge in [0.1, 0.15) is 22.7 Å². The van der Waals surface area contributed by atoms with Crippen LogP contribution < -0.4 is 4.74 Å². The molecule has 0 aliphatic carbocycles. The number of hydrogen-bond donors (Lipinski definition) is 0. The molecule has 0 unspecified atom stereocenters. The lowest BCUT2D eigenvalue weighted by molar-refractivity contribution is 0.0733. The Morgan fingerprint density at radius 2 is 1.88 bits per heavy atom. The summed E-state index contributed by atoms with van der Waals surface area (Å²) in [6.45, 7) is 0. The third-order valence-corrected chi connectivity index (χ3v) is 3.44.